The van der Waals surface area contributed by atoms with Crippen LogP contribution >= 0.6 is 0 Å². The highest BCUT2D eigenvalue weighted by Gasteiger charge is 2.26. The minimum atomic E-state index is 0.757. The largest absolute Gasteiger partial charge is 0.399 e. The van der Waals surface area contributed by atoms with Gasteiger partial charge < -0.3 is 5.73 Å². The first-order chi connectivity index (χ1) is 13.6. The van der Waals surface area contributed by atoms with Crippen molar-refractivity contribution in [2.24, 2.45) is 17.6 Å². The first-order valence-corrected chi connectivity index (χ1v) is 11.4. The average molecular weight is 382 g/mol. The lowest BCUT2D eigenvalue weighted by molar-refractivity contribution is 0.221. The molecule has 0 unspecified atom stereocenters. The molecule has 0 aromatic heterocycles. The molecule has 2 rings (SSSR count). The van der Waals surface area contributed by atoms with Gasteiger partial charge in [0.05, 0.1) is 0 Å². The summed E-state index contributed by atoms with van der Waals surface area (Å²) < 4.78 is 0. The molecule has 0 atom stereocenters. The molecule has 2 N–H and O–H groups in total. The van der Waals surface area contributed by atoms with Crippen molar-refractivity contribution in [1.29, 1.82) is 0 Å². The van der Waals surface area contributed by atoms with E-state index in [2.05, 4.69) is 50.8 Å². The van der Waals surface area contributed by atoms with Crippen molar-refractivity contribution in [1.82, 2.24) is 0 Å². The molecule has 1 aromatic carbocycles. The molecule has 156 valence electrons. The smallest absolute Gasteiger partial charge is 0.0306 e. The normalized spacial score (nSPS) is 20.5. The van der Waals surface area contributed by atoms with Gasteiger partial charge in [-0.25, -0.2) is 0 Å². The van der Waals surface area contributed by atoms with Crippen molar-refractivity contribution in [2.75, 3.05) is 0 Å². The Hall–Kier alpha value is -1.76. The Morgan fingerprint density at radius 3 is 2.14 bits per heavy atom. The summed E-state index contributed by atoms with van der Waals surface area (Å²) in [6.45, 7) is 14.5. The fourth-order valence-electron chi connectivity index (χ4n) is 4.47. The van der Waals surface area contributed by atoms with Gasteiger partial charge in [-0.05, 0) is 73.5 Å². The van der Waals surface area contributed by atoms with Crippen LogP contribution in [-0.2, 0) is 6.42 Å². The third kappa shape index (κ3) is 7.34. The molecule has 0 saturated heterocycles. The molecular weight excluding hydrogens is 338 g/mol. The van der Waals surface area contributed by atoms with E-state index in [1.165, 1.54) is 49.7 Å². The van der Waals surface area contributed by atoms with Gasteiger partial charge in [0.15, 0.2) is 0 Å². The molecule has 1 saturated carbocycles. The summed E-state index contributed by atoms with van der Waals surface area (Å²) in [6.07, 6.45) is 15.0. The Bertz CT molecular complexity index is 608. The van der Waals surface area contributed by atoms with E-state index in [1.54, 1.807) is 6.08 Å². The molecule has 1 aliphatic carbocycles. The molecular formula is C27H43N. The van der Waals surface area contributed by atoms with E-state index in [1.807, 2.05) is 26.8 Å². The summed E-state index contributed by atoms with van der Waals surface area (Å²) in [5, 5.41) is 0. The lowest BCUT2D eigenvalue weighted by Gasteiger charge is -2.33. The summed E-state index contributed by atoms with van der Waals surface area (Å²) in [5.41, 5.74) is 10.9. The van der Waals surface area contributed by atoms with E-state index in [-0.39, 0.29) is 0 Å². The second kappa shape index (κ2) is 13.4. The van der Waals surface area contributed by atoms with E-state index in [0.717, 1.165) is 35.4 Å². The van der Waals surface area contributed by atoms with E-state index >= 15 is 0 Å². The SMILES string of the molecule is C=C/C=C(C)\C(N)=C/Cc1ccc(C2CCC(C(CC)CC)CC2)cc1.CC. The maximum absolute atomic E-state index is 6.10. The fourth-order valence-corrected chi connectivity index (χ4v) is 4.47. The highest BCUT2D eigenvalue weighted by Crippen LogP contribution is 2.40. The molecule has 0 aliphatic heterocycles. The molecule has 1 nitrogen and oxygen atoms in total. The van der Waals surface area contributed by atoms with Crippen LogP contribution in [0.3, 0.4) is 0 Å². The molecule has 28 heavy (non-hydrogen) atoms. The molecule has 1 aromatic rings. The van der Waals surface area contributed by atoms with Crippen LogP contribution in [0.4, 0.5) is 0 Å². The predicted molar refractivity (Wildman–Crippen MR) is 126 cm³/mol. The first kappa shape index (κ1) is 24.3. The maximum atomic E-state index is 6.10. The highest BCUT2D eigenvalue weighted by atomic mass is 14.6. The lowest BCUT2D eigenvalue weighted by atomic mass is 9.72. The van der Waals surface area contributed by atoms with Gasteiger partial charge >= 0.3 is 0 Å². The van der Waals surface area contributed by atoms with Crippen LogP contribution < -0.4 is 5.73 Å². The summed E-state index contributed by atoms with van der Waals surface area (Å²) in [6, 6.07) is 9.24. The second-order valence-corrected chi connectivity index (χ2v) is 7.88. The zero-order valence-corrected chi connectivity index (χ0v) is 19.0. The highest BCUT2D eigenvalue weighted by molar-refractivity contribution is 5.32. The minimum Gasteiger partial charge on any atom is -0.399 e. The summed E-state index contributed by atoms with van der Waals surface area (Å²) in [4.78, 5) is 0. The molecule has 0 heterocycles. The summed E-state index contributed by atoms with van der Waals surface area (Å²) in [5.74, 6) is 2.66. The number of hydrogen-bond donors (Lipinski definition) is 1. The van der Waals surface area contributed by atoms with Crippen LogP contribution in [0, 0.1) is 11.8 Å². The van der Waals surface area contributed by atoms with Gasteiger partial charge in [-0.1, -0.05) is 89.6 Å². The van der Waals surface area contributed by atoms with Crippen LogP contribution in [0.25, 0.3) is 0 Å². The van der Waals surface area contributed by atoms with Crippen molar-refractivity contribution in [3.05, 3.63) is 71.5 Å². The lowest BCUT2D eigenvalue weighted by Crippen LogP contribution is -2.20. The van der Waals surface area contributed by atoms with Gasteiger partial charge in [0.25, 0.3) is 0 Å². The van der Waals surface area contributed by atoms with Crippen LogP contribution in [-0.4, -0.2) is 0 Å². The van der Waals surface area contributed by atoms with Gasteiger partial charge in [-0.15, -0.1) is 0 Å². The topological polar surface area (TPSA) is 26.0 Å². The second-order valence-electron chi connectivity index (χ2n) is 7.88. The number of allylic oxidation sites excluding steroid dienone is 4. The Kier molecular flexibility index (Phi) is 11.6. The van der Waals surface area contributed by atoms with Crippen LogP contribution in [0.5, 0.6) is 0 Å². The fraction of sp³-hybridized carbons (Fsp3) is 0.556. The summed E-state index contributed by atoms with van der Waals surface area (Å²) >= 11 is 0. The van der Waals surface area contributed by atoms with Gasteiger partial charge in [0.2, 0.25) is 0 Å². The Labute approximate surface area is 174 Å². The third-order valence-corrected chi connectivity index (χ3v) is 6.32. The molecule has 1 aliphatic rings. The number of rotatable bonds is 8. The third-order valence-electron chi connectivity index (χ3n) is 6.32. The van der Waals surface area contributed by atoms with Crippen molar-refractivity contribution >= 4 is 0 Å². The standard InChI is InChI=1S/C25H37N.C2H6/c1-5-8-19(4)25(26)18-11-20-9-12-23(13-10-20)24-16-14-22(15-17-24)21(6-2)7-3;1-2/h5,8-10,12-13,18,21-22,24H,1,6-7,11,14-17,26H2,2-4H3;1-2H3/b19-8-,25-18+;. The minimum absolute atomic E-state index is 0.757. The predicted octanol–water partition coefficient (Wildman–Crippen LogP) is 7.94. The quantitative estimate of drug-likeness (QED) is 0.454. The number of benzene rings is 1. The molecule has 1 heteroatoms. The van der Waals surface area contributed by atoms with E-state index in [0.29, 0.717) is 0 Å². The zero-order valence-electron chi connectivity index (χ0n) is 19.0. The molecule has 0 amide bonds. The van der Waals surface area contributed by atoms with Crippen molar-refractivity contribution in [3.63, 3.8) is 0 Å². The molecule has 1 fully saturated rings. The van der Waals surface area contributed by atoms with Crippen LogP contribution in [0.15, 0.2) is 60.3 Å². The van der Waals surface area contributed by atoms with E-state index in [4.69, 9.17) is 5.73 Å². The molecule has 0 radical (unpaired) electrons. The maximum Gasteiger partial charge on any atom is 0.0306 e. The van der Waals surface area contributed by atoms with Gasteiger partial charge in [0.1, 0.15) is 0 Å². The van der Waals surface area contributed by atoms with Gasteiger partial charge in [-0.2, -0.15) is 0 Å². The Balaban J connectivity index is 0.00000190. The first-order valence-electron chi connectivity index (χ1n) is 11.4. The van der Waals surface area contributed by atoms with Crippen molar-refractivity contribution < 1.29 is 0 Å². The Morgan fingerprint density at radius 2 is 1.64 bits per heavy atom. The van der Waals surface area contributed by atoms with Crippen molar-refractivity contribution in [3.8, 4) is 0 Å². The van der Waals surface area contributed by atoms with Crippen molar-refractivity contribution in [2.45, 2.75) is 85.5 Å². The van der Waals surface area contributed by atoms with Gasteiger partial charge in [-0.3, -0.25) is 0 Å². The zero-order chi connectivity index (χ0) is 20.9. The molecule has 0 bridgehead atoms. The van der Waals surface area contributed by atoms with E-state index < -0.39 is 0 Å². The monoisotopic (exact) mass is 381 g/mol. The van der Waals surface area contributed by atoms with E-state index in [9.17, 15) is 0 Å². The summed E-state index contributed by atoms with van der Waals surface area (Å²) in [7, 11) is 0. The van der Waals surface area contributed by atoms with Gasteiger partial charge in [0, 0.05) is 5.70 Å². The average Bonchev–Trinajstić information content (AvgIpc) is 2.75. The van der Waals surface area contributed by atoms with Crippen LogP contribution in [0.2, 0.25) is 0 Å². The number of nitrogens with two attached hydrogens (primary N) is 1. The molecule has 0 spiro atoms. The number of hydrogen-bond acceptors (Lipinski definition) is 1. The Morgan fingerprint density at radius 1 is 1.07 bits per heavy atom. The van der Waals surface area contributed by atoms with Crippen LogP contribution in [0.1, 0.15) is 90.2 Å².